The lowest BCUT2D eigenvalue weighted by atomic mass is 10.1. The van der Waals surface area contributed by atoms with Gasteiger partial charge in [-0.2, -0.15) is 0 Å². The van der Waals surface area contributed by atoms with Crippen LogP contribution in [0.15, 0.2) is 42.5 Å². The van der Waals surface area contributed by atoms with Gasteiger partial charge in [0.1, 0.15) is 5.82 Å². The molecule has 132 valence electrons. The Balaban J connectivity index is 1.36. The third kappa shape index (κ3) is 3.34. The van der Waals surface area contributed by atoms with Crippen LogP contribution in [0.5, 0.6) is 11.5 Å². The van der Waals surface area contributed by atoms with Gasteiger partial charge in [0, 0.05) is 12.1 Å². The number of ether oxygens (including phenoxy) is 2. The van der Waals surface area contributed by atoms with Crippen molar-refractivity contribution in [1.29, 1.82) is 0 Å². The third-order valence-electron chi connectivity index (χ3n) is 4.15. The Morgan fingerprint density at radius 1 is 1.12 bits per heavy atom. The number of nitrogens with zero attached hydrogens (tertiary/aromatic N) is 4. The largest absolute Gasteiger partial charge is 0.454 e. The molecule has 0 bridgehead atoms. The first-order valence-corrected chi connectivity index (χ1v) is 8.17. The smallest absolute Gasteiger partial charge is 0.251 e. The maximum absolute atomic E-state index is 12.3. The monoisotopic (exact) mass is 351 g/mol. The van der Waals surface area contributed by atoms with Crippen molar-refractivity contribution in [2.45, 2.75) is 20.0 Å². The summed E-state index contributed by atoms with van der Waals surface area (Å²) in [7, 11) is 0. The summed E-state index contributed by atoms with van der Waals surface area (Å²) in [6.45, 7) is 3.07. The Morgan fingerprint density at radius 3 is 2.65 bits per heavy atom. The van der Waals surface area contributed by atoms with Crippen molar-refractivity contribution in [3.8, 4) is 11.5 Å². The lowest BCUT2D eigenvalue weighted by Gasteiger charge is -2.07. The van der Waals surface area contributed by atoms with E-state index in [2.05, 4.69) is 20.8 Å². The lowest BCUT2D eigenvalue weighted by Crippen LogP contribution is -2.22. The molecule has 1 aliphatic rings. The first-order valence-electron chi connectivity index (χ1n) is 8.17. The van der Waals surface area contributed by atoms with Crippen LogP contribution in [0.2, 0.25) is 0 Å². The molecule has 4 rings (SSSR count). The number of tetrazole rings is 1. The highest BCUT2D eigenvalue weighted by Gasteiger charge is 2.13. The molecule has 0 saturated carbocycles. The number of hydrogen-bond donors (Lipinski definition) is 1. The molecule has 0 saturated heterocycles. The highest BCUT2D eigenvalue weighted by Crippen LogP contribution is 2.32. The maximum atomic E-state index is 12.3. The summed E-state index contributed by atoms with van der Waals surface area (Å²) in [5.74, 6) is 2.05. The van der Waals surface area contributed by atoms with Gasteiger partial charge in [-0.25, -0.2) is 4.68 Å². The predicted molar refractivity (Wildman–Crippen MR) is 91.8 cm³/mol. The van der Waals surface area contributed by atoms with E-state index < -0.39 is 0 Å². The average Bonchev–Trinajstić information content (AvgIpc) is 3.29. The van der Waals surface area contributed by atoms with E-state index in [1.54, 1.807) is 16.8 Å². The van der Waals surface area contributed by atoms with E-state index in [9.17, 15) is 4.79 Å². The van der Waals surface area contributed by atoms with Gasteiger partial charge in [-0.1, -0.05) is 18.2 Å². The number of rotatable bonds is 5. The van der Waals surface area contributed by atoms with Crippen LogP contribution in [-0.4, -0.2) is 32.9 Å². The molecule has 8 nitrogen and oxygen atoms in total. The van der Waals surface area contributed by atoms with Crippen LogP contribution in [0, 0.1) is 6.92 Å². The fraction of sp³-hybridized carbons (Fsp3) is 0.222. The number of aryl methyl sites for hydroxylation is 1. The Bertz CT molecular complexity index is 936. The zero-order valence-electron chi connectivity index (χ0n) is 14.2. The van der Waals surface area contributed by atoms with Gasteiger partial charge in [0.15, 0.2) is 11.5 Å². The van der Waals surface area contributed by atoms with Crippen molar-refractivity contribution in [2.24, 2.45) is 0 Å². The first kappa shape index (κ1) is 16.1. The zero-order valence-corrected chi connectivity index (χ0v) is 14.2. The lowest BCUT2D eigenvalue weighted by molar-refractivity contribution is 0.0951. The summed E-state index contributed by atoms with van der Waals surface area (Å²) in [5, 5.41) is 14.3. The highest BCUT2D eigenvalue weighted by atomic mass is 16.7. The average molecular weight is 351 g/mol. The summed E-state index contributed by atoms with van der Waals surface area (Å²) >= 11 is 0. The maximum Gasteiger partial charge on any atom is 0.251 e. The standard InChI is InChI=1S/C18H17N5O3/c1-12-20-21-22-23(12)10-13-2-5-15(6-3-13)18(24)19-9-14-4-7-16-17(8-14)26-11-25-16/h2-8H,9-11H2,1H3,(H,19,24). The van der Waals surface area contributed by atoms with Crippen molar-refractivity contribution in [3.05, 3.63) is 65.0 Å². The summed E-state index contributed by atoms with van der Waals surface area (Å²) < 4.78 is 12.3. The number of carbonyl (C=O) groups excluding carboxylic acids is 1. The van der Waals surface area contributed by atoms with Gasteiger partial charge in [0.05, 0.1) is 6.54 Å². The molecule has 0 unspecified atom stereocenters. The number of benzene rings is 2. The highest BCUT2D eigenvalue weighted by molar-refractivity contribution is 5.94. The van der Waals surface area contributed by atoms with E-state index in [1.807, 2.05) is 37.3 Å². The van der Waals surface area contributed by atoms with E-state index in [4.69, 9.17) is 9.47 Å². The number of nitrogens with one attached hydrogen (secondary N) is 1. The third-order valence-corrected chi connectivity index (χ3v) is 4.15. The minimum atomic E-state index is -0.132. The summed E-state index contributed by atoms with van der Waals surface area (Å²) in [4.78, 5) is 12.3. The van der Waals surface area contributed by atoms with Crippen LogP contribution in [0.3, 0.4) is 0 Å². The molecule has 3 aromatic rings. The summed E-state index contributed by atoms with van der Waals surface area (Å²) in [6, 6.07) is 13.0. The molecule has 8 heteroatoms. The van der Waals surface area contributed by atoms with Gasteiger partial charge in [-0.15, -0.1) is 5.10 Å². The molecular weight excluding hydrogens is 334 g/mol. The molecule has 1 N–H and O–H groups in total. The quantitative estimate of drug-likeness (QED) is 0.752. The summed E-state index contributed by atoms with van der Waals surface area (Å²) in [5.41, 5.74) is 2.57. The topological polar surface area (TPSA) is 91.2 Å². The van der Waals surface area contributed by atoms with Crippen molar-refractivity contribution in [1.82, 2.24) is 25.5 Å². The van der Waals surface area contributed by atoms with Crippen LogP contribution in [0.25, 0.3) is 0 Å². The van der Waals surface area contributed by atoms with Crippen LogP contribution in [0.4, 0.5) is 0 Å². The van der Waals surface area contributed by atoms with Gasteiger partial charge in [-0.3, -0.25) is 4.79 Å². The van der Waals surface area contributed by atoms with Gasteiger partial charge in [0.25, 0.3) is 5.91 Å². The molecule has 0 spiro atoms. The predicted octanol–water partition coefficient (Wildman–Crippen LogP) is 1.69. The fourth-order valence-electron chi connectivity index (χ4n) is 2.67. The Morgan fingerprint density at radius 2 is 1.88 bits per heavy atom. The van der Waals surface area contributed by atoms with E-state index in [1.165, 1.54) is 0 Å². The van der Waals surface area contributed by atoms with Crippen LogP contribution in [-0.2, 0) is 13.1 Å². The zero-order chi connectivity index (χ0) is 17.9. The number of fused-ring (bicyclic) bond motifs is 1. The van der Waals surface area contributed by atoms with Gasteiger partial charge >= 0.3 is 0 Å². The molecular formula is C18H17N5O3. The SMILES string of the molecule is Cc1nnnn1Cc1ccc(C(=O)NCc2ccc3c(c2)OCO3)cc1. The number of hydrogen-bond acceptors (Lipinski definition) is 6. The number of carbonyl (C=O) groups is 1. The van der Waals surface area contributed by atoms with E-state index in [0.29, 0.717) is 24.4 Å². The fourth-order valence-corrected chi connectivity index (χ4v) is 2.67. The molecule has 1 aliphatic heterocycles. The Labute approximate surface area is 149 Å². The second-order valence-corrected chi connectivity index (χ2v) is 5.95. The minimum absolute atomic E-state index is 0.132. The molecule has 2 heterocycles. The second kappa shape index (κ2) is 6.83. The normalized spacial score (nSPS) is 12.2. The van der Waals surface area contributed by atoms with E-state index in [-0.39, 0.29) is 12.7 Å². The molecule has 0 aliphatic carbocycles. The molecule has 0 atom stereocenters. The summed E-state index contributed by atoms with van der Waals surface area (Å²) in [6.07, 6.45) is 0. The molecule has 2 aromatic carbocycles. The number of aromatic nitrogens is 4. The van der Waals surface area contributed by atoms with Gasteiger partial charge < -0.3 is 14.8 Å². The van der Waals surface area contributed by atoms with E-state index >= 15 is 0 Å². The van der Waals surface area contributed by atoms with Crippen molar-refractivity contribution >= 4 is 5.91 Å². The number of amides is 1. The van der Waals surface area contributed by atoms with Crippen molar-refractivity contribution < 1.29 is 14.3 Å². The molecule has 1 amide bonds. The second-order valence-electron chi connectivity index (χ2n) is 5.95. The van der Waals surface area contributed by atoms with E-state index in [0.717, 1.165) is 22.7 Å². The minimum Gasteiger partial charge on any atom is -0.454 e. The molecule has 1 aromatic heterocycles. The molecule has 26 heavy (non-hydrogen) atoms. The van der Waals surface area contributed by atoms with Crippen LogP contribution < -0.4 is 14.8 Å². The van der Waals surface area contributed by atoms with Crippen LogP contribution in [0.1, 0.15) is 27.3 Å². The molecule has 0 fully saturated rings. The van der Waals surface area contributed by atoms with Crippen molar-refractivity contribution in [2.75, 3.05) is 6.79 Å². The first-order chi connectivity index (χ1) is 12.7. The Kier molecular flexibility index (Phi) is 4.22. The van der Waals surface area contributed by atoms with Gasteiger partial charge in [0.2, 0.25) is 6.79 Å². The van der Waals surface area contributed by atoms with Crippen molar-refractivity contribution in [3.63, 3.8) is 0 Å². The Hall–Kier alpha value is -3.42. The van der Waals surface area contributed by atoms with Crippen LogP contribution >= 0.6 is 0 Å². The van der Waals surface area contributed by atoms with Gasteiger partial charge in [-0.05, 0) is 52.7 Å². The molecule has 0 radical (unpaired) electrons.